The van der Waals surface area contributed by atoms with E-state index in [1.807, 2.05) is 0 Å². The molecule has 0 aliphatic carbocycles. The summed E-state index contributed by atoms with van der Waals surface area (Å²) in [4.78, 5) is 24.9. The van der Waals surface area contributed by atoms with Crippen molar-refractivity contribution >= 4 is 33.2 Å². The molecule has 3 heterocycles. The van der Waals surface area contributed by atoms with Gasteiger partial charge in [-0.25, -0.2) is 13.2 Å². The average molecular weight is 384 g/mol. The van der Waals surface area contributed by atoms with Crippen LogP contribution in [-0.4, -0.2) is 60.8 Å². The maximum Gasteiger partial charge on any atom is 0.336 e. The van der Waals surface area contributed by atoms with Crippen LogP contribution in [0.4, 0.5) is 0 Å². The van der Waals surface area contributed by atoms with E-state index in [9.17, 15) is 18.0 Å². The van der Waals surface area contributed by atoms with Gasteiger partial charge in [-0.15, -0.1) is 11.3 Å². The Morgan fingerprint density at radius 3 is 2.44 bits per heavy atom. The summed E-state index contributed by atoms with van der Waals surface area (Å²) in [6.07, 6.45) is 1.44. The van der Waals surface area contributed by atoms with Gasteiger partial charge in [-0.3, -0.25) is 4.79 Å². The number of thiophene rings is 1. The van der Waals surface area contributed by atoms with E-state index in [4.69, 9.17) is 9.52 Å². The third kappa shape index (κ3) is 3.32. The number of sulfonamides is 1. The Kier molecular flexibility index (Phi) is 4.67. The summed E-state index contributed by atoms with van der Waals surface area (Å²) in [5.41, 5.74) is 0.425. The molecule has 0 radical (unpaired) electrons. The number of rotatable bonds is 4. The summed E-state index contributed by atoms with van der Waals surface area (Å²) in [6.45, 7) is 2.54. The summed E-state index contributed by atoms with van der Waals surface area (Å²) in [5, 5.41) is 10.2. The van der Waals surface area contributed by atoms with Crippen molar-refractivity contribution < 1.29 is 27.5 Å². The summed E-state index contributed by atoms with van der Waals surface area (Å²) in [5.74, 6) is -0.823. The minimum absolute atomic E-state index is 0.00430. The van der Waals surface area contributed by atoms with Crippen molar-refractivity contribution in [3.8, 4) is 0 Å². The smallest absolute Gasteiger partial charge is 0.336 e. The lowest BCUT2D eigenvalue weighted by atomic mass is 10.2. The van der Waals surface area contributed by atoms with Crippen LogP contribution in [0.5, 0.6) is 0 Å². The molecule has 1 amide bonds. The molecule has 0 saturated carbocycles. The molecule has 0 bridgehead atoms. The highest BCUT2D eigenvalue weighted by Crippen LogP contribution is 2.25. The number of carboxylic acid groups (broad SMARTS) is 1. The molecule has 8 nitrogen and oxygen atoms in total. The summed E-state index contributed by atoms with van der Waals surface area (Å²) in [7, 11) is -3.75. The number of aromatic carboxylic acids is 1. The molecule has 1 fully saturated rings. The fourth-order valence-corrected chi connectivity index (χ4v) is 5.33. The first-order chi connectivity index (χ1) is 11.8. The van der Waals surface area contributed by atoms with Crippen LogP contribution >= 0.6 is 11.3 Å². The standard InChI is InChI=1S/C15H16N2O6S2/c1-10-12(2-7-23-10)14(18)16-3-5-17(6-4-16)25(21,22)13-8-11(9-24-13)15(19)20/h2,7-9H,3-6H2,1H3,(H,19,20). The fraction of sp³-hybridized carbons (Fsp3) is 0.333. The lowest BCUT2D eigenvalue weighted by Crippen LogP contribution is -2.50. The van der Waals surface area contributed by atoms with Crippen molar-refractivity contribution in [2.45, 2.75) is 11.1 Å². The van der Waals surface area contributed by atoms with Crippen LogP contribution in [0.25, 0.3) is 0 Å². The lowest BCUT2D eigenvalue weighted by molar-refractivity contribution is 0.0687. The Hall–Kier alpha value is -2.17. The van der Waals surface area contributed by atoms with Crippen LogP contribution in [0.15, 0.2) is 32.4 Å². The van der Waals surface area contributed by atoms with E-state index in [0.717, 1.165) is 17.4 Å². The Morgan fingerprint density at radius 2 is 1.92 bits per heavy atom. The monoisotopic (exact) mass is 384 g/mol. The lowest BCUT2D eigenvalue weighted by Gasteiger charge is -2.33. The van der Waals surface area contributed by atoms with Gasteiger partial charge in [0.05, 0.1) is 17.4 Å². The van der Waals surface area contributed by atoms with E-state index in [2.05, 4.69) is 0 Å². The minimum Gasteiger partial charge on any atom is -0.478 e. The van der Waals surface area contributed by atoms with Gasteiger partial charge in [0.15, 0.2) is 0 Å². The molecule has 134 valence electrons. The van der Waals surface area contributed by atoms with Crippen LogP contribution in [-0.2, 0) is 10.0 Å². The number of aryl methyl sites for hydroxylation is 1. The van der Waals surface area contributed by atoms with E-state index in [1.54, 1.807) is 17.9 Å². The molecule has 1 aliphatic rings. The van der Waals surface area contributed by atoms with E-state index >= 15 is 0 Å². The number of carboxylic acids is 1. The highest BCUT2D eigenvalue weighted by Gasteiger charge is 2.32. The Balaban J connectivity index is 1.70. The van der Waals surface area contributed by atoms with Gasteiger partial charge in [-0.05, 0) is 19.1 Å². The van der Waals surface area contributed by atoms with Crippen molar-refractivity contribution in [1.82, 2.24) is 9.21 Å². The van der Waals surface area contributed by atoms with E-state index < -0.39 is 16.0 Å². The van der Waals surface area contributed by atoms with Crippen LogP contribution < -0.4 is 0 Å². The highest BCUT2D eigenvalue weighted by atomic mass is 32.2. The molecule has 2 aromatic rings. The maximum absolute atomic E-state index is 12.6. The second-order valence-corrected chi connectivity index (χ2v) is 8.62. The van der Waals surface area contributed by atoms with E-state index in [1.165, 1.54) is 15.9 Å². The largest absolute Gasteiger partial charge is 0.478 e. The van der Waals surface area contributed by atoms with Gasteiger partial charge in [-0.2, -0.15) is 4.31 Å². The molecule has 0 spiro atoms. The first-order valence-corrected chi connectivity index (χ1v) is 9.78. The van der Waals surface area contributed by atoms with Crippen LogP contribution in [0, 0.1) is 6.92 Å². The minimum atomic E-state index is -3.75. The zero-order chi connectivity index (χ0) is 18.2. The number of piperazine rings is 1. The van der Waals surface area contributed by atoms with Gasteiger partial charge >= 0.3 is 5.97 Å². The molecule has 3 rings (SSSR count). The number of amides is 1. The number of furan rings is 1. The molecular weight excluding hydrogens is 368 g/mol. The topological polar surface area (TPSA) is 108 Å². The van der Waals surface area contributed by atoms with Gasteiger partial charge in [0, 0.05) is 31.6 Å². The Morgan fingerprint density at radius 1 is 1.24 bits per heavy atom. The van der Waals surface area contributed by atoms with Crippen molar-refractivity contribution in [3.05, 3.63) is 40.7 Å². The predicted molar refractivity (Wildman–Crippen MR) is 89.4 cm³/mol. The normalized spacial score (nSPS) is 16.1. The molecule has 0 unspecified atom stereocenters. The van der Waals surface area contributed by atoms with Crippen molar-refractivity contribution in [1.29, 1.82) is 0 Å². The predicted octanol–water partition coefficient (Wildman–Crippen LogP) is 1.49. The zero-order valence-corrected chi connectivity index (χ0v) is 15.0. The average Bonchev–Trinajstić information content (AvgIpc) is 3.23. The van der Waals surface area contributed by atoms with Crippen molar-refractivity contribution in [2.24, 2.45) is 0 Å². The number of hydrogen-bond donors (Lipinski definition) is 1. The van der Waals surface area contributed by atoms with Gasteiger partial charge in [0.2, 0.25) is 0 Å². The highest BCUT2D eigenvalue weighted by molar-refractivity contribution is 7.91. The van der Waals surface area contributed by atoms with Crippen LogP contribution in [0.1, 0.15) is 26.5 Å². The first-order valence-electron chi connectivity index (χ1n) is 7.46. The van der Waals surface area contributed by atoms with Gasteiger partial charge < -0.3 is 14.4 Å². The number of carbonyl (C=O) groups is 2. The fourth-order valence-electron chi connectivity index (χ4n) is 2.60. The third-order valence-electron chi connectivity index (χ3n) is 4.03. The third-order valence-corrected chi connectivity index (χ3v) is 7.35. The summed E-state index contributed by atoms with van der Waals surface area (Å²) < 4.78 is 31.6. The Labute approximate surface area is 148 Å². The van der Waals surface area contributed by atoms with Crippen LogP contribution in [0.2, 0.25) is 0 Å². The number of carbonyl (C=O) groups excluding carboxylic acids is 1. The molecular formula is C15H16N2O6S2. The molecule has 25 heavy (non-hydrogen) atoms. The van der Waals surface area contributed by atoms with Gasteiger partial charge in [-0.1, -0.05) is 0 Å². The maximum atomic E-state index is 12.6. The second-order valence-electron chi connectivity index (χ2n) is 5.55. The SMILES string of the molecule is Cc1occc1C(=O)N1CCN(S(=O)(=O)c2cc(C(=O)O)cs2)CC1. The van der Waals surface area contributed by atoms with Gasteiger partial charge in [0.1, 0.15) is 9.97 Å². The molecule has 0 atom stereocenters. The molecule has 0 aromatic carbocycles. The quantitative estimate of drug-likeness (QED) is 0.856. The van der Waals surface area contributed by atoms with Crippen LogP contribution in [0.3, 0.4) is 0 Å². The van der Waals surface area contributed by atoms with Gasteiger partial charge in [0.25, 0.3) is 15.9 Å². The molecule has 1 aliphatic heterocycles. The molecule has 10 heteroatoms. The number of nitrogens with zero attached hydrogens (tertiary/aromatic N) is 2. The number of hydrogen-bond acceptors (Lipinski definition) is 6. The zero-order valence-electron chi connectivity index (χ0n) is 13.3. The molecule has 1 saturated heterocycles. The summed E-state index contributed by atoms with van der Waals surface area (Å²) >= 11 is 0.882. The van der Waals surface area contributed by atoms with E-state index in [-0.39, 0.29) is 41.9 Å². The van der Waals surface area contributed by atoms with Crippen molar-refractivity contribution in [3.63, 3.8) is 0 Å². The van der Waals surface area contributed by atoms with Crippen molar-refractivity contribution in [2.75, 3.05) is 26.2 Å². The molecule has 1 N–H and O–H groups in total. The Bertz CT molecular complexity index is 906. The van der Waals surface area contributed by atoms with E-state index in [0.29, 0.717) is 11.3 Å². The first kappa shape index (κ1) is 17.6. The second kappa shape index (κ2) is 6.62. The summed E-state index contributed by atoms with van der Waals surface area (Å²) in [6, 6.07) is 2.76. The molecule has 2 aromatic heterocycles.